The van der Waals surface area contributed by atoms with Crippen molar-refractivity contribution in [1.82, 2.24) is 0 Å². The van der Waals surface area contributed by atoms with E-state index in [0.717, 1.165) is 0 Å². The van der Waals surface area contributed by atoms with Gasteiger partial charge in [0.25, 0.3) is 0 Å². The quantitative estimate of drug-likeness (QED) is 0.430. The van der Waals surface area contributed by atoms with E-state index in [1.54, 1.807) is 12.1 Å². The first-order chi connectivity index (χ1) is 13.3. The first kappa shape index (κ1) is 21.7. The number of hydrogen-bond donors (Lipinski definition) is 4. The fraction of sp³-hybridized carbons (Fsp3) is 0.471. The number of carbonyl (C=O) groups is 3. The molecule has 0 saturated carbocycles. The topological polar surface area (TPSA) is 157 Å². The van der Waals surface area contributed by atoms with Crippen LogP contribution in [-0.2, 0) is 25.7 Å². The average molecular weight is 394 g/mol. The van der Waals surface area contributed by atoms with Crippen LogP contribution >= 0.6 is 0 Å². The predicted octanol–water partition coefficient (Wildman–Crippen LogP) is -0.427. The molecule has 10 nitrogen and oxygen atoms in total. The highest BCUT2D eigenvalue weighted by Crippen LogP contribution is 2.30. The van der Waals surface area contributed by atoms with Crippen molar-refractivity contribution in [3.05, 3.63) is 23.8 Å². The second-order valence-electron chi connectivity index (χ2n) is 6.33. The van der Waals surface area contributed by atoms with E-state index in [4.69, 9.17) is 25.1 Å². The number of rotatable bonds is 8. The minimum Gasteiger partial charge on any atom is -0.479 e. The summed E-state index contributed by atoms with van der Waals surface area (Å²) in [5.74, 6) is -1.76. The van der Waals surface area contributed by atoms with Crippen LogP contribution in [-0.4, -0.2) is 60.8 Å². The monoisotopic (exact) mass is 394 g/mol. The maximum Gasteiger partial charge on any atom is 0.333 e. The Kier molecular flexibility index (Phi) is 7.79. The maximum atomic E-state index is 11.9. The second kappa shape index (κ2) is 10.1. The Hall–Kier alpha value is -2.63. The van der Waals surface area contributed by atoms with Crippen molar-refractivity contribution in [2.24, 2.45) is 5.73 Å². The molecular weight excluding hydrogens is 371 g/mol. The molecule has 3 atom stereocenters. The van der Waals surface area contributed by atoms with E-state index >= 15 is 0 Å². The minimum atomic E-state index is -1.19. The molecule has 0 aliphatic carbocycles. The predicted molar refractivity (Wildman–Crippen MR) is 99.6 cm³/mol. The van der Waals surface area contributed by atoms with Gasteiger partial charge in [-0.25, -0.2) is 4.79 Å². The third-order valence-electron chi connectivity index (χ3n) is 3.93. The Bertz CT molecular complexity index is 729. The van der Waals surface area contributed by atoms with Gasteiger partial charge in [-0.15, -0.1) is 0 Å². The van der Waals surface area contributed by atoms with E-state index in [0.29, 0.717) is 11.3 Å². The molecule has 1 aliphatic rings. The average Bonchev–Trinajstić information content (AvgIpc) is 2.61. The number of carboxylic acids is 1. The zero-order valence-corrected chi connectivity index (χ0v) is 15.4. The standard InChI is InChI=1S/C17H23BN2O8/c18-17(25)26-8-9-1-2-12(11(5-9)20-14(22)3-4-19)27-15-7-10(21)6-13(28-15)16(23)24/h1-2,5,10,13,15,21H,3-4,6-8,18-19H2,(H,20,22)(H,23,24)/t10-,13-,15+/m0/s1. The highest BCUT2D eigenvalue weighted by molar-refractivity contribution is 6.55. The van der Waals surface area contributed by atoms with Gasteiger partial charge in [0.05, 0.1) is 11.8 Å². The van der Waals surface area contributed by atoms with Crippen LogP contribution < -0.4 is 15.8 Å². The van der Waals surface area contributed by atoms with E-state index < -0.39 is 30.3 Å². The molecule has 0 unspecified atom stereocenters. The zero-order valence-electron chi connectivity index (χ0n) is 15.4. The Morgan fingerprint density at radius 3 is 2.71 bits per heavy atom. The van der Waals surface area contributed by atoms with Gasteiger partial charge >= 0.3 is 5.97 Å². The van der Waals surface area contributed by atoms with E-state index in [9.17, 15) is 19.5 Å². The Morgan fingerprint density at radius 1 is 1.32 bits per heavy atom. The van der Waals surface area contributed by atoms with Crippen molar-refractivity contribution in [2.75, 3.05) is 11.9 Å². The number of nitrogens with two attached hydrogens (primary N) is 1. The molecule has 1 aromatic carbocycles. The molecule has 1 heterocycles. The molecule has 1 aliphatic heterocycles. The molecule has 0 bridgehead atoms. The number of anilines is 1. The van der Waals surface area contributed by atoms with Gasteiger partial charge in [-0.1, -0.05) is 6.07 Å². The van der Waals surface area contributed by atoms with Crippen molar-refractivity contribution < 1.29 is 38.8 Å². The molecule has 28 heavy (non-hydrogen) atoms. The number of amides is 1. The van der Waals surface area contributed by atoms with Gasteiger partial charge in [0, 0.05) is 25.8 Å². The first-order valence-corrected chi connectivity index (χ1v) is 8.77. The van der Waals surface area contributed by atoms with Crippen molar-refractivity contribution in [1.29, 1.82) is 0 Å². The number of aliphatic hydroxyl groups is 1. The molecule has 152 valence electrons. The number of benzene rings is 1. The summed E-state index contributed by atoms with van der Waals surface area (Å²) >= 11 is 0. The molecule has 1 amide bonds. The molecule has 0 spiro atoms. The van der Waals surface area contributed by atoms with E-state index in [2.05, 4.69) is 5.32 Å². The van der Waals surface area contributed by atoms with Crippen LogP contribution in [0.1, 0.15) is 24.8 Å². The SMILES string of the molecule is BC(=O)OCc1ccc(O[C@H]2C[C@@H](O)C[C@@H](C(=O)O)O2)c(NC(=O)CCN)c1. The van der Waals surface area contributed by atoms with Crippen molar-refractivity contribution in [3.63, 3.8) is 0 Å². The third kappa shape index (κ3) is 6.52. The summed E-state index contributed by atoms with van der Waals surface area (Å²) in [5, 5.41) is 21.6. The lowest BCUT2D eigenvalue weighted by molar-refractivity contribution is -0.195. The summed E-state index contributed by atoms with van der Waals surface area (Å²) < 4.78 is 16.0. The molecule has 1 saturated heterocycles. The molecular formula is C17H23BN2O8. The van der Waals surface area contributed by atoms with Crippen LogP contribution in [0.25, 0.3) is 0 Å². The summed E-state index contributed by atoms with van der Waals surface area (Å²) in [6.45, 7) is 0.169. The van der Waals surface area contributed by atoms with Crippen LogP contribution in [0.3, 0.4) is 0 Å². The highest BCUT2D eigenvalue weighted by Gasteiger charge is 2.34. The molecule has 0 aromatic heterocycles. The summed E-state index contributed by atoms with van der Waals surface area (Å²) in [6, 6.07) is 4.74. The van der Waals surface area contributed by atoms with Gasteiger partial charge in [0.1, 0.15) is 12.4 Å². The number of nitrogens with one attached hydrogen (secondary N) is 1. The number of carbonyl (C=O) groups excluding carboxylic acids is 2. The van der Waals surface area contributed by atoms with Gasteiger partial charge in [-0.2, -0.15) is 0 Å². The smallest absolute Gasteiger partial charge is 0.333 e. The largest absolute Gasteiger partial charge is 0.479 e. The van der Waals surface area contributed by atoms with Crippen LogP contribution in [0.5, 0.6) is 5.75 Å². The fourth-order valence-corrected chi connectivity index (χ4v) is 2.63. The molecule has 11 heteroatoms. The molecule has 0 radical (unpaired) electrons. The molecule has 5 N–H and O–H groups in total. The summed E-state index contributed by atoms with van der Waals surface area (Å²) in [7, 11) is 1.28. The number of aliphatic hydroxyl groups excluding tert-OH is 1. The van der Waals surface area contributed by atoms with Gasteiger partial charge in [0.15, 0.2) is 6.10 Å². The Labute approximate surface area is 162 Å². The minimum absolute atomic E-state index is 0.00903. The van der Waals surface area contributed by atoms with Crippen LogP contribution in [0.15, 0.2) is 18.2 Å². The van der Waals surface area contributed by atoms with Crippen molar-refractivity contribution >= 4 is 31.3 Å². The lowest BCUT2D eigenvalue weighted by atomic mass is 10.1. The number of hydrogen-bond acceptors (Lipinski definition) is 8. The Balaban J connectivity index is 2.19. The van der Waals surface area contributed by atoms with Crippen LogP contribution in [0.4, 0.5) is 10.5 Å². The fourth-order valence-electron chi connectivity index (χ4n) is 2.63. The number of ether oxygens (including phenoxy) is 3. The zero-order chi connectivity index (χ0) is 20.7. The van der Waals surface area contributed by atoms with Gasteiger partial charge in [0.2, 0.25) is 25.9 Å². The third-order valence-corrected chi connectivity index (χ3v) is 3.93. The van der Waals surface area contributed by atoms with E-state index in [1.165, 1.54) is 13.9 Å². The summed E-state index contributed by atoms with van der Waals surface area (Å²) in [6.07, 6.45) is -2.95. The molecule has 2 rings (SSSR count). The number of aliphatic carboxylic acids is 1. The van der Waals surface area contributed by atoms with Gasteiger partial charge in [-0.05, 0) is 17.7 Å². The van der Waals surface area contributed by atoms with Crippen molar-refractivity contribution in [3.8, 4) is 5.75 Å². The lowest BCUT2D eigenvalue weighted by Crippen LogP contribution is -2.42. The second-order valence-corrected chi connectivity index (χ2v) is 6.33. The van der Waals surface area contributed by atoms with Gasteiger partial charge in [-0.3, -0.25) is 9.59 Å². The highest BCUT2D eigenvalue weighted by atomic mass is 16.7. The van der Waals surface area contributed by atoms with E-state index in [-0.39, 0.29) is 44.1 Å². The van der Waals surface area contributed by atoms with E-state index in [1.807, 2.05) is 0 Å². The normalized spacial score (nSPS) is 21.6. The summed E-state index contributed by atoms with van der Waals surface area (Å²) in [5.41, 5.74) is 6.29. The van der Waals surface area contributed by atoms with Crippen molar-refractivity contribution in [2.45, 2.75) is 44.4 Å². The van der Waals surface area contributed by atoms with Crippen LogP contribution in [0, 0.1) is 0 Å². The maximum absolute atomic E-state index is 11.9. The van der Waals surface area contributed by atoms with Crippen LogP contribution in [0.2, 0.25) is 0 Å². The summed E-state index contributed by atoms with van der Waals surface area (Å²) in [4.78, 5) is 34.1. The Morgan fingerprint density at radius 2 is 2.07 bits per heavy atom. The number of carboxylic acid groups (broad SMARTS) is 1. The first-order valence-electron chi connectivity index (χ1n) is 8.77. The van der Waals surface area contributed by atoms with Gasteiger partial charge < -0.3 is 35.5 Å². The molecule has 1 aromatic rings. The molecule has 1 fully saturated rings. The lowest BCUT2D eigenvalue weighted by Gasteiger charge is -2.31.